The minimum Gasteiger partial charge on any atom is -0.406 e. The number of ether oxygens (including phenoxy) is 1. The summed E-state index contributed by atoms with van der Waals surface area (Å²) >= 11 is 0. The van der Waals surface area contributed by atoms with E-state index in [0.29, 0.717) is 25.1 Å². The average Bonchev–Trinajstić information content (AvgIpc) is 2.86. The molecule has 108 valence electrons. The highest BCUT2D eigenvalue weighted by Gasteiger charge is 2.31. The molecule has 0 aliphatic carbocycles. The quantitative estimate of drug-likeness (QED) is 0.798. The molecule has 0 fully saturated rings. The Morgan fingerprint density at radius 3 is 2.85 bits per heavy atom. The molecular weight excluding hydrogens is 273 g/mol. The Hall–Kier alpha value is -2.09. The molecule has 0 aliphatic heterocycles. The van der Waals surface area contributed by atoms with Gasteiger partial charge in [0.15, 0.2) is 0 Å². The largest absolute Gasteiger partial charge is 0.573 e. The highest BCUT2D eigenvalue weighted by Crippen LogP contribution is 2.23. The zero-order valence-corrected chi connectivity index (χ0v) is 10.4. The van der Waals surface area contributed by atoms with Gasteiger partial charge in [0.1, 0.15) is 17.9 Å². The van der Waals surface area contributed by atoms with Crippen LogP contribution in [0.2, 0.25) is 0 Å². The Bertz CT molecular complexity index is 528. The van der Waals surface area contributed by atoms with Crippen LogP contribution in [0.25, 0.3) is 0 Å². The average molecular weight is 286 g/mol. The topological polar surface area (TPSA) is 62.8 Å². The number of aromatic amines is 1. The van der Waals surface area contributed by atoms with Crippen LogP contribution in [-0.2, 0) is 13.0 Å². The smallest absolute Gasteiger partial charge is 0.406 e. The summed E-state index contributed by atoms with van der Waals surface area (Å²) < 4.78 is 40.1. The van der Waals surface area contributed by atoms with E-state index in [0.717, 1.165) is 5.82 Å². The van der Waals surface area contributed by atoms with Crippen molar-refractivity contribution in [2.75, 3.05) is 6.54 Å². The molecule has 0 amide bonds. The zero-order chi connectivity index (χ0) is 14.4. The number of aromatic nitrogens is 3. The Morgan fingerprint density at radius 1 is 1.30 bits per heavy atom. The summed E-state index contributed by atoms with van der Waals surface area (Å²) in [4.78, 5) is 3.96. The van der Waals surface area contributed by atoms with Gasteiger partial charge in [0.25, 0.3) is 0 Å². The molecule has 20 heavy (non-hydrogen) atoms. The molecule has 5 nitrogen and oxygen atoms in total. The van der Waals surface area contributed by atoms with Gasteiger partial charge in [-0.05, 0) is 17.7 Å². The Balaban J connectivity index is 1.79. The summed E-state index contributed by atoms with van der Waals surface area (Å²) in [6.45, 7) is 1.09. The van der Waals surface area contributed by atoms with E-state index in [1.807, 2.05) is 0 Å². The lowest BCUT2D eigenvalue weighted by Gasteiger charge is -2.10. The predicted molar refractivity (Wildman–Crippen MR) is 64.9 cm³/mol. The van der Waals surface area contributed by atoms with E-state index in [1.54, 1.807) is 6.07 Å². The Kier molecular flexibility index (Phi) is 4.57. The standard InChI is InChI=1S/C12H13F3N4O/c13-12(14,15)20-10-3-1-2-9(6-10)7-16-5-4-11-17-8-18-19-11/h1-3,6,8,16H,4-5,7H2,(H,17,18,19). The third-order valence-electron chi connectivity index (χ3n) is 2.46. The van der Waals surface area contributed by atoms with Crippen molar-refractivity contribution in [2.45, 2.75) is 19.3 Å². The number of hydrogen-bond acceptors (Lipinski definition) is 4. The van der Waals surface area contributed by atoms with Crippen LogP contribution in [0.1, 0.15) is 11.4 Å². The van der Waals surface area contributed by atoms with Crippen molar-refractivity contribution in [1.82, 2.24) is 20.5 Å². The van der Waals surface area contributed by atoms with Crippen LogP contribution in [0.15, 0.2) is 30.6 Å². The molecule has 0 spiro atoms. The Labute approximate surface area is 113 Å². The predicted octanol–water partition coefficient (Wildman–Crippen LogP) is 2.04. The van der Waals surface area contributed by atoms with Crippen molar-refractivity contribution in [1.29, 1.82) is 0 Å². The monoisotopic (exact) mass is 286 g/mol. The van der Waals surface area contributed by atoms with Gasteiger partial charge in [-0.25, -0.2) is 4.98 Å². The number of rotatable bonds is 6. The summed E-state index contributed by atoms with van der Waals surface area (Å²) in [6, 6.07) is 5.87. The lowest BCUT2D eigenvalue weighted by Crippen LogP contribution is -2.18. The van der Waals surface area contributed by atoms with Crippen molar-refractivity contribution in [2.24, 2.45) is 0 Å². The van der Waals surface area contributed by atoms with Gasteiger partial charge in [0.05, 0.1) is 0 Å². The lowest BCUT2D eigenvalue weighted by atomic mass is 10.2. The first kappa shape index (κ1) is 14.3. The molecule has 1 aromatic carbocycles. The third kappa shape index (κ3) is 4.88. The van der Waals surface area contributed by atoms with Crippen molar-refractivity contribution in [3.63, 3.8) is 0 Å². The van der Waals surface area contributed by atoms with E-state index >= 15 is 0 Å². The van der Waals surface area contributed by atoms with Gasteiger partial charge in [0.2, 0.25) is 0 Å². The summed E-state index contributed by atoms with van der Waals surface area (Å²) in [6.07, 6.45) is -2.58. The molecule has 1 heterocycles. The fourth-order valence-corrected chi connectivity index (χ4v) is 1.64. The number of H-pyrrole nitrogens is 1. The van der Waals surface area contributed by atoms with Crippen LogP contribution in [0.5, 0.6) is 5.75 Å². The Morgan fingerprint density at radius 2 is 2.15 bits per heavy atom. The number of halogens is 3. The molecule has 1 aromatic heterocycles. The summed E-state index contributed by atoms with van der Waals surface area (Å²) in [5, 5.41) is 9.55. The maximum Gasteiger partial charge on any atom is 0.573 e. The minimum absolute atomic E-state index is 0.216. The van der Waals surface area contributed by atoms with E-state index in [2.05, 4.69) is 25.2 Å². The molecule has 2 aromatic rings. The molecule has 2 N–H and O–H groups in total. The first-order chi connectivity index (χ1) is 9.53. The fraction of sp³-hybridized carbons (Fsp3) is 0.333. The molecule has 0 bridgehead atoms. The van der Waals surface area contributed by atoms with E-state index in [4.69, 9.17) is 0 Å². The van der Waals surface area contributed by atoms with E-state index < -0.39 is 6.36 Å². The first-order valence-electron chi connectivity index (χ1n) is 5.92. The van der Waals surface area contributed by atoms with Gasteiger partial charge in [-0.2, -0.15) is 5.10 Å². The van der Waals surface area contributed by atoms with E-state index in [1.165, 1.54) is 24.5 Å². The number of benzene rings is 1. The third-order valence-corrected chi connectivity index (χ3v) is 2.46. The molecule has 0 aliphatic rings. The molecule has 8 heteroatoms. The summed E-state index contributed by atoms with van der Waals surface area (Å²) in [5.41, 5.74) is 0.712. The van der Waals surface area contributed by atoms with Crippen LogP contribution >= 0.6 is 0 Å². The van der Waals surface area contributed by atoms with Crippen LogP contribution in [0, 0.1) is 0 Å². The lowest BCUT2D eigenvalue weighted by molar-refractivity contribution is -0.274. The number of nitrogens with zero attached hydrogens (tertiary/aromatic N) is 2. The number of hydrogen-bond donors (Lipinski definition) is 2. The highest BCUT2D eigenvalue weighted by atomic mass is 19.4. The number of nitrogens with one attached hydrogen (secondary N) is 2. The van der Waals surface area contributed by atoms with Crippen LogP contribution in [0.4, 0.5) is 13.2 Å². The molecular formula is C12H13F3N4O. The molecule has 0 atom stereocenters. The van der Waals surface area contributed by atoms with Gasteiger partial charge >= 0.3 is 6.36 Å². The molecule has 0 saturated heterocycles. The number of alkyl halides is 3. The van der Waals surface area contributed by atoms with Gasteiger partial charge < -0.3 is 10.1 Å². The van der Waals surface area contributed by atoms with Crippen molar-refractivity contribution in [3.8, 4) is 5.75 Å². The fourth-order valence-electron chi connectivity index (χ4n) is 1.64. The highest BCUT2D eigenvalue weighted by molar-refractivity contribution is 5.28. The van der Waals surface area contributed by atoms with E-state index in [9.17, 15) is 13.2 Å². The van der Waals surface area contributed by atoms with Crippen molar-refractivity contribution >= 4 is 0 Å². The second-order valence-electron chi connectivity index (χ2n) is 4.05. The molecule has 0 radical (unpaired) electrons. The van der Waals surface area contributed by atoms with E-state index in [-0.39, 0.29) is 5.75 Å². The van der Waals surface area contributed by atoms with Crippen molar-refractivity contribution < 1.29 is 17.9 Å². The second-order valence-corrected chi connectivity index (χ2v) is 4.05. The normalized spacial score (nSPS) is 11.6. The van der Waals surface area contributed by atoms with Gasteiger partial charge in [-0.1, -0.05) is 12.1 Å². The molecule has 0 unspecified atom stereocenters. The zero-order valence-electron chi connectivity index (χ0n) is 10.4. The van der Waals surface area contributed by atoms with Gasteiger partial charge in [-0.3, -0.25) is 5.10 Å². The first-order valence-corrected chi connectivity index (χ1v) is 5.92. The van der Waals surface area contributed by atoms with Gasteiger partial charge in [0, 0.05) is 19.5 Å². The summed E-state index contributed by atoms with van der Waals surface area (Å²) in [5.74, 6) is 0.540. The van der Waals surface area contributed by atoms with Crippen LogP contribution in [0.3, 0.4) is 0 Å². The van der Waals surface area contributed by atoms with Gasteiger partial charge in [-0.15, -0.1) is 13.2 Å². The van der Waals surface area contributed by atoms with Crippen LogP contribution in [-0.4, -0.2) is 28.1 Å². The van der Waals surface area contributed by atoms with Crippen LogP contribution < -0.4 is 10.1 Å². The second kappa shape index (κ2) is 6.38. The molecule has 0 saturated carbocycles. The minimum atomic E-state index is -4.67. The van der Waals surface area contributed by atoms with Crippen molar-refractivity contribution in [3.05, 3.63) is 42.0 Å². The maximum atomic E-state index is 12.1. The maximum absolute atomic E-state index is 12.1. The SMILES string of the molecule is FC(F)(F)Oc1cccc(CNCCc2ncn[nH]2)c1. The summed E-state index contributed by atoms with van der Waals surface area (Å²) in [7, 11) is 0. The molecule has 2 rings (SSSR count).